The number of nitrogens with one attached hydrogen (secondary N) is 1. The molecule has 4 heteroatoms. The van der Waals surface area contributed by atoms with E-state index in [1.54, 1.807) is 12.1 Å². The minimum atomic E-state index is -0.336. The molecule has 3 unspecified atom stereocenters. The van der Waals surface area contributed by atoms with E-state index in [9.17, 15) is 9.18 Å². The Kier molecular flexibility index (Phi) is 3.98. The molecule has 0 aromatic heterocycles. The van der Waals surface area contributed by atoms with Crippen LogP contribution in [0.4, 0.5) is 4.39 Å². The smallest absolute Gasteiger partial charge is 0.241 e. The molecule has 1 aromatic rings. The number of carbonyl (C=O) groups excluding carboxylic acids is 1. The molecule has 1 aromatic carbocycles. The highest BCUT2D eigenvalue weighted by Gasteiger charge is 2.43. The lowest BCUT2D eigenvalue weighted by atomic mass is 10.1. The highest BCUT2D eigenvalue weighted by atomic mass is 19.1. The van der Waals surface area contributed by atoms with E-state index in [1.165, 1.54) is 18.9 Å². The van der Waals surface area contributed by atoms with Gasteiger partial charge in [-0.3, -0.25) is 10.1 Å². The lowest BCUT2D eigenvalue weighted by molar-refractivity contribution is -0.132. The van der Waals surface area contributed by atoms with E-state index in [1.807, 2.05) is 17.9 Å². The van der Waals surface area contributed by atoms with Gasteiger partial charge in [0.1, 0.15) is 12.0 Å². The molecule has 1 saturated heterocycles. The predicted octanol–water partition coefficient (Wildman–Crippen LogP) is 3.22. The van der Waals surface area contributed by atoms with Gasteiger partial charge in [-0.05, 0) is 31.7 Å². The highest BCUT2D eigenvalue weighted by Crippen LogP contribution is 2.38. The SMILES string of the molecule is CCC1NC(c2ccccc2F)N(C(C)CC2CC2)C1=O. The molecule has 1 aliphatic carbocycles. The Labute approximate surface area is 125 Å². The van der Waals surface area contributed by atoms with Crippen LogP contribution in [0.15, 0.2) is 24.3 Å². The molecule has 2 fully saturated rings. The predicted molar refractivity (Wildman–Crippen MR) is 80.0 cm³/mol. The fourth-order valence-corrected chi connectivity index (χ4v) is 3.30. The monoisotopic (exact) mass is 290 g/mol. The summed E-state index contributed by atoms with van der Waals surface area (Å²) in [6.07, 6.45) is 3.95. The summed E-state index contributed by atoms with van der Waals surface area (Å²) in [7, 11) is 0. The maximum Gasteiger partial charge on any atom is 0.241 e. The van der Waals surface area contributed by atoms with Gasteiger partial charge in [0, 0.05) is 11.6 Å². The summed E-state index contributed by atoms with van der Waals surface area (Å²) < 4.78 is 14.1. The summed E-state index contributed by atoms with van der Waals surface area (Å²) in [4.78, 5) is 14.5. The van der Waals surface area contributed by atoms with E-state index in [0.717, 1.165) is 18.8 Å². The summed E-state index contributed by atoms with van der Waals surface area (Å²) in [6, 6.07) is 6.70. The average molecular weight is 290 g/mol. The average Bonchev–Trinajstić information content (AvgIpc) is 3.21. The van der Waals surface area contributed by atoms with Crippen molar-refractivity contribution in [3.05, 3.63) is 35.6 Å². The largest absolute Gasteiger partial charge is 0.319 e. The number of nitrogens with zero attached hydrogens (tertiary/aromatic N) is 1. The summed E-state index contributed by atoms with van der Waals surface area (Å²) in [5.41, 5.74) is 0.574. The number of hydrogen-bond acceptors (Lipinski definition) is 2. The van der Waals surface area contributed by atoms with Crippen LogP contribution in [0.3, 0.4) is 0 Å². The van der Waals surface area contributed by atoms with E-state index in [4.69, 9.17) is 0 Å². The number of hydrogen-bond donors (Lipinski definition) is 1. The Balaban J connectivity index is 1.88. The zero-order valence-corrected chi connectivity index (χ0v) is 12.7. The lowest BCUT2D eigenvalue weighted by Gasteiger charge is -2.31. The Morgan fingerprint density at radius 2 is 2.10 bits per heavy atom. The molecular weight excluding hydrogens is 267 g/mol. The Hall–Kier alpha value is -1.42. The summed E-state index contributed by atoms with van der Waals surface area (Å²) in [5.74, 6) is 0.608. The number of benzene rings is 1. The first kappa shape index (κ1) is 14.5. The lowest BCUT2D eigenvalue weighted by Crippen LogP contribution is -2.39. The number of carbonyl (C=O) groups is 1. The highest BCUT2D eigenvalue weighted by molar-refractivity contribution is 5.84. The maximum absolute atomic E-state index is 14.1. The van der Waals surface area contributed by atoms with Crippen LogP contribution in [0.1, 0.15) is 51.3 Å². The summed E-state index contributed by atoms with van der Waals surface area (Å²) in [6.45, 7) is 4.08. The maximum atomic E-state index is 14.1. The van der Waals surface area contributed by atoms with Crippen molar-refractivity contribution in [1.29, 1.82) is 0 Å². The van der Waals surface area contributed by atoms with Gasteiger partial charge >= 0.3 is 0 Å². The zero-order chi connectivity index (χ0) is 15.0. The molecular formula is C17H23FN2O. The van der Waals surface area contributed by atoms with Gasteiger partial charge in [-0.2, -0.15) is 0 Å². The van der Waals surface area contributed by atoms with Crippen LogP contribution in [-0.4, -0.2) is 22.9 Å². The van der Waals surface area contributed by atoms with Crippen molar-refractivity contribution in [2.75, 3.05) is 0 Å². The fourth-order valence-electron chi connectivity index (χ4n) is 3.30. The third kappa shape index (κ3) is 2.82. The molecule has 3 rings (SSSR count). The van der Waals surface area contributed by atoms with Crippen molar-refractivity contribution in [1.82, 2.24) is 10.2 Å². The van der Waals surface area contributed by atoms with Crippen LogP contribution < -0.4 is 5.32 Å². The van der Waals surface area contributed by atoms with E-state index in [2.05, 4.69) is 12.2 Å². The molecule has 1 amide bonds. The molecule has 1 N–H and O–H groups in total. The molecule has 3 atom stereocenters. The third-order valence-electron chi connectivity index (χ3n) is 4.64. The van der Waals surface area contributed by atoms with Crippen molar-refractivity contribution in [2.24, 2.45) is 5.92 Å². The van der Waals surface area contributed by atoms with Crippen LogP contribution in [0.5, 0.6) is 0 Å². The zero-order valence-electron chi connectivity index (χ0n) is 12.7. The van der Waals surface area contributed by atoms with E-state index in [-0.39, 0.29) is 30.0 Å². The van der Waals surface area contributed by atoms with Crippen LogP contribution >= 0.6 is 0 Å². The van der Waals surface area contributed by atoms with E-state index in [0.29, 0.717) is 5.56 Å². The van der Waals surface area contributed by atoms with Gasteiger partial charge in [0.15, 0.2) is 0 Å². The molecule has 0 spiro atoms. The molecule has 1 heterocycles. The minimum Gasteiger partial charge on any atom is -0.319 e. The first-order valence-electron chi connectivity index (χ1n) is 7.94. The molecule has 0 radical (unpaired) electrons. The van der Waals surface area contributed by atoms with Crippen molar-refractivity contribution in [3.8, 4) is 0 Å². The molecule has 2 aliphatic rings. The molecule has 0 bridgehead atoms. The van der Waals surface area contributed by atoms with Gasteiger partial charge in [-0.25, -0.2) is 4.39 Å². The van der Waals surface area contributed by atoms with Gasteiger partial charge in [0.2, 0.25) is 5.91 Å². The molecule has 1 saturated carbocycles. The van der Waals surface area contributed by atoms with Gasteiger partial charge < -0.3 is 4.90 Å². The van der Waals surface area contributed by atoms with Gasteiger partial charge in [-0.15, -0.1) is 0 Å². The molecule has 114 valence electrons. The summed E-state index contributed by atoms with van der Waals surface area (Å²) >= 11 is 0. The summed E-state index contributed by atoms with van der Waals surface area (Å²) in [5, 5.41) is 3.31. The Morgan fingerprint density at radius 1 is 1.38 bits per heavy atom. The van der Waals surface area contributed by atoms with Crippen LogP contribution in [0.25, 0.3) is 0 Å². The quantitative estimate of drug-likeness (QED) is 0.903. The van der Waals surface area contributed by atoms with Crippen LogP contribution in [0, 0.1) is 11.7 Å². The minimum absolute atomic E-state index is 0.110. The Morgan fingerprint density at radius 3 is 2.71 bits per heavy atom. The second-order valence-electron chi connectivity index (χ2n) is 6.33. The van der Waals surface area contributed by atoms with Crippen LogP contribution in [-0.2, 0) is 4.79 Å². The number of amides is 1. The fraction of sp³-hybridized carbons (Fsp3) is 0.588. The molecule has 3 nitrogen and oxygen atoms in total. The normalized spacial score (nSPS) is 27.2. The Bertz CT molecular complexity index is 529. The third-order valence-corrected chi connectivity index (χ3v) is 4.64. The van der Waals surface area contributed by atoms with E-state index < -0.39 is 0 Å². The number of rotatable bonds is 5. The van der Waals surface area contributed by atoms with E-state index >= 15 is 0 Å². The standard InChI is InChI=1S/C17H23FN2O/c1-3-15-17(21)20(11(2)10-12-8-9-12)16(19-15)13-6-4-5-7-14(13)18/h4-7,11-12,15-16,19H,3,8-10H2,1-2H3. The first-order chi connectivity index (χ1) is 10.1. The van der Waals surface area contributed by atoms with Gasteiger partial charge in [0.25, 0.3) is 0 Å². The van der Waals surface area contributed by atoms with Crippen molar-refractivity contribution >= 4 is 5.91 Å². The van der Waals surface area contributed by atoms with Crippen molar-refractivity contribution < 1.29 is 9.18 Å². The second kappa shape index (κ2) is 5.76. The van der Waals surface area contributed by atoms with Gasteiger partial charge in [-0.1, -0.05) is 38.0 Å². The number of halogens is 1. The molecule has 21 heavy (non-hydrogen) atoms. The molecule has 1 aliphatic heterocycles. The first-order valence-corrected chi connectivity index (χ1v) is 7.94. The van der Waals surface area contributed by atoms with Gasteiger partial charge in [0.05, 0.1) is 6.04 Å². The van der Waals surface area contributed by atoms with Crippen molar-refractivity contribution in [2.45, 2.75) is 57.8 Å². The topological polar surface area (TPSA) is 32.3 Å². The van der Waals surface area contributed by atoms with Crippen molar-refractivity contribution in [3.63, 3.8) is 0 Å². The van der Waals surface area contributed by atoms with Crippen LogP contribution in [0.2, 0.25) is 0 Å². The second-order valence-corrected chi connectivity index (χ2v) is 6.33.